The van der Waals surface area contributed by atoms with Gasteiger partial charge in [-0.1, -0.05) is 66.1 Å². The molecule has 0 unspecified atom stereocenters. The van der Waals surface area contributed by atoms with E-state index < -0.39 is 0 Å². The first-order valence-corrected chi connectivity index (χ1v) is 10.5. The Balaban J connectivity index is 1.40. The lowest BCUT2D eigenvalue weighted by Gasteiger charge is -2.33. The molecule has 0 N–H and O–H groups in total. The third-order valence-electron chi connectivity index (χ3n) is 5.59. The van der Waals surface area contributed by atoms with Gasteiger partial charge in [-0.25, -0.2) is 0 Å². The van der Waals surface area contributed by atoms with E-state index in [-0.39, 0.29) is 17.7 Å². The zero-order valence-corrected chi connectivity index (χ0v) is 17.2. The fraction of sp³-hybridized carbons (Fsp3) is 0.348. The highest BCUT2D eigenvalue weighted by atomic mass is 35.5. The average molecular weight is 410 g/mol. The van der Waals surface area contributed by atoms with E-state index in [0.717, 1.165) is 30.4 Å². The lowest BCUT2D eigenvalue weighted by molar-refractivity contribution is -0.134. The molecule has 0 spiro atoms. The zero-order valence-electron chi connectivity index (χ0n) is 16.4. The average Bonchev–Trinajstić information content (AvgIpc) is 3.25. The van der Waals surface area contributed by atoms with Crippen LogP contribution >= 0.6 is 11.6 Å². The Bertz CT molecular complexity index is 965. The van der Waals surface area contributed by atoms with E-state index in [0.29, 0.717) is 29.8 Å². The molecule has 1 fully saturated rings. The lowest BCUT2D eigenvalue weighted by Crippen LogP contribution is -2.40. The van der Waals surface area contributed by atoms with E-state index in [1.54, 1.807) is 0 Å². The number of nitrogens with zero attached hydrogens (tertiary/aromatic N) is 3. The van der Waals surface area contributed by atoms with Crippen LogP contribution in [0.15, 0.2) is 59.1 Å². The van der Waals surface area contributed by atoms with E-state index >= 15 is 0 Å². The van der Waals surface area contributed by atoms with Gasteiger partial charge < -0.3 is 9.42 Å². The Morgan fingerprint density at radius 1 is 1.17 bits per heavy atom. The van der Waals surface area contributed by atoms with Crippen molar-refractivity contribution in [3.8, 4) is 11.4 Å². The molecule has 1 aliphatic heterocycles. The summed E-state index contributed by atoms with van der Waals surface area (Å²) in [4.78, 5) is 19.6. The number of hydrogen-bond donors (Lipinski definition) is 0. The highest BCUT2D eigenvalue weighted by Crippen LogP contribution is 2.31. The van der Waals surface area contributed by atoms with Crippen LogP contribution < -0.4 is 0 Å². The quantitative estimate of drug-likeness (QED) is 0.574. The molecule has 6 heteroatoms. The molecule has 1 atom stereocenters. The number of carbonyl (C=O) groups excluding carboxylic acids is 1. The molecule has 0 saturated carbocycles. The highest BCUT2D eigenvalue weighted by molar-refractivity contribution is 6.30. The van der Waals surface area contributed by atoms with Gasteiger partial charge in [-0.15, -0.1) is 0 Å². The van der Waals surface area contributed by atoms with Gasteiger partial charge in [-0.05, 0) is 37.0 Å². The molecule has 0 bridgehead atoms. The number of rotatable bonds is 5. The first-order valence-electron chi connectivity index (χ1n) is 10.1. The summed E-state index contributed by atoms with van der Waals surface area (Å²) in [5.74, 6) is 1.50. The fourth-order valence-electron chi connectivity index (χ4n) is 3.95. The topological polar surface area (TPSA) is 59.2 Å². The molecule has 3 aromatic rings. The highest BCUT2D eigenvalue weighted by Gasteiger charge is 2.31. The summed E-state index contributed by atoms with van der Waals surface area (Å²) >= 11 is 6.05. The normalized spacial score (nSPS) is 16.0. The molecule has 1 saturated heterocycles. The molecule has 1 amide bonds. The Morgan fingerprint density at radius 3 is 2.62 bits per heavy atom. The molecule has 0 aliphatic carbocycles. The van der Waals surface area contributed by atoms with Crippen LogP contribution in [0.2, 0.25) is 5.02 Å². The number of piperidine rings is 1. The van der Waals surface area contributed by atoms with Crippen LogP contribution in [0.3, 0.4) is 0 Å². The minimum absolute atomic E-state index is 0.0782. The Kier molecular flexibility index (Phi) is 5.95. The molecule has 5 nitrogen and oxygen atoms in total. The predicted octanol–water partition coefficient (Wildman–Crippen LogP) is 5.29. The Hall–Kier alpha value is -2.66. The zero-order chi connectivity index (χ0) is 20.2. The summed E-state index contributed by atoms with van der Waals surface area (Å²) in [6.07, 6.45) is 2.46. The lowest BCUT2D eigenvalue weighted by atomic mass is 9.92. The van der Waals surface area contributed by atoms with Crippen molar-refractivity contribution < 1.29 is 9.32 Å². The van der Waals surface area contributed by atoms with Gasteiger partial charge in [0.05, 0.1) is 5.92 Å². The van der Waals surface area contributed by atoms with Crippen LogP contribution in [0.5, 0.6) is 0 Å². The number of likely N-dealkylation sites (tertiary alicyclic amines) is 1. The SMILES string of the molecule is CC[C@@H](C(=O)N1CCC(c2nc(-c3cccc(Cl)c3)no2)CC1)c1ccccc1. The first kappa shape index (κ1) is 19.6. The third kappa shape index (κ3) is 4.35. The van der Waals surface area contributed by atoms with Gasteiger partial charge in [0.25, 0.3) is 0 Å². The van der Waals surface area contributed by atoms with Crippen LogP contribution in [-0.4, -0.2) is 34.0 Å². The predicted molar refractivity (Wildman–Crippen MR) is 113 cm³/mol. The van der Waals surface area contributed by atoms with Crippen molar-refractivity contribution in [2.75, 3.05) is 13.1 Å². The van der Waals surface area contributed by atoms with Crippen molar-refractivity contribution in [3.05, 3.63) is 71.1 Å². The van der Waals surface area contributed by atoms with Gasteiger partial charge in [0.2, 0.25) is 17.6 Å². The summed E-state index contributed by atoms with van der Waals surface area (Å²) < 4.78 is 5.52. The van der Waals surface area contributed by atoms with Crippen molar-refractivity contribution in [3.63, 3.8) is 0 Å². The van der Waals surface area contributed by atoms with Gasteiger partial charge in [0.15, 0.2) is 0 Å². The van der Waals surface area contributed by atoms with E-state index in [1.807, 2.05) is 59.5 Å². The van der Waals surface area contributed by atoms with E-state index in [4.69, 9.17) is 16.1 Å². The standard InChI is InChI=1S/C23H24ClN3O2/c1-2-20(16-7-4-3-5-8-16)23(28)27-13-11-17(12-14-27)22-25-21(26-29-22)18-9-6-10-19(24)15-18/h3-10,15,17,20H,2,11-14H2,1H3/t20-/m1/s1. The second-order valence-corrected chi connectivity index (χ2v) is 7.87. The number of halogens is 1. The largest absolute Gasteiger partial charge is 0.342 e. The molecular formula is C23H24ClN3O2. The maximum absolute atomic E-state index is 13.1. The Labute approximate surface area is 175 Å². The summed E-state index contributed by atoms with van der Waals surface area (Å²) in [6, 6.07) is 17.5. The molecule has 0 radical (unpaired) electrons. The number of hydrogen-bond acceptors (Lipinski definition) is 4. The second kappa shape index (κ2) is 8.78. The maximum atomic E-state index is 13.1. The minimum atomic E-state index is -0.0782. The summed E-state index contributed by atoms with van der Waals surface area (Å²) in [5, 5.41) is 4.76. The van der Waals surface area contributed by atoms with Gasteiger partial charge >= 0.3 is 0 Å². The molecule has 2 heterocycles. The maximum Gasteiger partial charge on any atom is 0.230 e. The van der Waals surface area contributed by atoms with E-state index in [1.165, 1.54) is 0 Å². The molecule has 4 rings (SSSR count). The Morgan fingerprint density at radius 2 is 1.93 bits per heavy atom. The smallest absolute Gasteiger partial charge is 0.230 e. The van der Waals surface area contributed by atoms with Gasteiger partial charge in [-0.3, -0.25) is 4.79 Å². The molecule has 1 aliphatic rings. The van der Waals surface area contributed by atoms with Crippen LogP contribution in [0.1, 0.15) is 49.5 Å². The monoisotopic (exact) mass is 409 g/mol. The van der Waals surface area contributed by atoms with Gasteiger partial charge in [-0.2, -0.15) is 4.98 Å². The summed E-state index contributed by atoms with van der Waals surface area (Å²) in [6.45, 7) is 3.49. The van der Waals surface area contributed by atoms with Crippen LogP contribution in [0.4, 0.5) is 0 Å². The third-order valence-corrected chi connectivity index (χ3v) is 5.82. The minimum Gasteiger partial charge on any atom is -0.342 e. The first-order chi connectivity index (χ1) is 14.2. The number of amides is 1. The van der Waals surface area contributed by atoms with Crippen molar-refractivity contribution >= 4 is 17.5 Å². The molecule has 1 aromatic heterocycles. The second-order valence-electron chi connectivity index (χ2n) is 7.44. The number of benzene rings is 2. The number of aromatic nitrogens is 2. The number of carbonyl (C=O) groups is 1. The van der Waals surface area contributed by atoms with Crippen molar-refractivity contribution in [1.29, 1.82) is 0 Å². The summed E-state index contributed by atoms with van der Waals surface area (Å²) in [7, 11) is 0. The molecular weight excluding hydrogens is 386 g/mol. The van der Waals surface area contributed by atoms with Gasteiger partial charge in [0, 0.05) is 29.6 Å². The van der Waals surface area contributed by atoms with Crippen molar-refractivity contribution in [2.45, 2.75) is 38.0 Å². The van der Waals surface area contributed by atoms with Gasteiger partial charge in [0.1, 0.15) is 0 Å². The van der Waals surface area contributed by atoms with Crippen molar-refractivity contribution in [1.82, 2.24) is 15.0 Å². The van der Waals surface area contributed by atoms with Crippen LogP contribution in [-0.2, 0) is 4.79 Å². The molecule has 2 aromatic carbocycles. The molecule has 150 valence electrons. The molecule has 29 heavy (non-hydrogen) atoms. The van der Waals surface area contributed by atoms with Crippen LogP contribution in [0.25, 0.3) is 11.4 Å². The van der Waals surface area contributed by atoms with Crippen molar-refractivity contribution in [2.24, 2.45) is 0 Å². The fourth-order valence-corrected chi connectivity index (χ4v) is 4.14. The van der Waals surface area contributed by atoms with E-state index in [9.17, 15) is 4.79 Å². The summed E-state index contributed by atoms with van der Waals surface area (Å²) in [5.41, 5.74) is 1.93. The van der Waals surface area contributed by atoms with Crippen LogP contribution in [0, 0.1) is 0 Å². The van der Waals surface area contributed by atoms with E-state index in [2.05, 4.69) is 17.1 Å².